The van der Waals surface area contributed by atoms with Gasteiger partial charge in [-0.2, -0.15) is 13.2 Å². The van der Waals surface area contributed by atoms with E-state index < -0.39 is 12.6 Å². The van der Waals surface area contributed by atoms with Crippen molar-refractivity contribution in [2.24, 2.45) is 0 Å². The van der Waals surface area contributed by atoms with Crippen LogP contribution in [0.2, 0.25) is 5.02 Å². The predicted molar refractivity (Wildman–Crippen MR) is 64.8 cm³/mol. The molecule has 0 aliphatic heterocycles. The van der Waals surface area contributed by atoms with E-state index in [9.17, 15) is 13.2 Å². The zero-order valence-corrected chi connectivity index (χ0v) is 10.5. The van der Waals surface area contributed by atoms with Crippen molar-refractivity contribution >= 4 is 22.6 Å². The number of fused-ring (bicyclic) bond motifs is 1. The number of aryl methyl sites for hydroxylation is 2. The maximum atomic E-state index is 12.3. The van der Waals surface area contributed by atoms with Gasteiger partial charge in [0.1, 0.15) is 5.82 Å². The molecule has 0 N–H and O–H groups in total. The Balaban J connectivity index is 2.41. The van der Waals surface area contributed by atoms with E-state index in [1.54, 1.807) is 22.8 Å². The highest BCUT2D eigenvalue weighted by atomic mass is 35.5. The summed E-state index contributed by atoms with van der Waals surface area (Å²) in [5.41, 5.74) is 1.34. The number of hydrogen-bond donors (Lipinski definition) is 0. The molecule has 0 fully saturated rings. The fraction of sp³-hybridized carbons (Fsp3) is 0.417. The van der Waals surface area contributed by atoms with E-state index in [1.165, 1.54) is 0 Å². The van der Waals surface area contributed by atoms with Crippen molar-refractivity contribution in [3.05, 3.63) is 29.0 Å². The molecule has 0 saturated heterocycles. The highest BCUT2D eigenvalue weighted by molar-refractivity contribution is 6.31. The fourth-order valence-corrected chi connectivity index (χ4v) is 2.08. The van der Waals surface area contributed by atoms with Crippen LogP contribution in [0.4, 0.5) is 13.2 Å². The number of benzene rings is 1. The Labute approximate surface area is 107 Å². The van der Waals surface area contributed by atoms with Gasteiger partial charge in [0, 0.05) is 18.0 Å². The SMILES string of the molecule is CCc1nc2cc(Cl)ccc2n1CCC(F)(F)F. The predicted octanol–water partition coefficient (Wildman–Crippen LogP) is 4.20. The van der Waals surface area contributed by atoms with Crippen molar-refractivity contribution in [1.29, 1.82) is 0 Å². The lowest BCUT2D eigenvalue weighted by atomic mass is 10.3. The first kappa shape index (κ1) is 13.2. The number of rotatable bonds is 3. The molecule has 6 heteroatoms. The third kappa shape index (κ3) is 2.77. The van der Waals surface area contributed by atoms with E-state index >= 15 is 0 Å². The molecule has 0 unspecified atom stereocenters. The zero-order chi connectivity index (χ0) is 13.3. The summed E-state index contributed by atoms with van der Waals surface area (Å²) in [5, 5.41) is 0.533. The van der Waals surface area contributed by atoms with Crippen LogP contribution in [0.15, 0.2) is 18.2 Å². The van der Waals surface area contributed by atoms with Gasteiger partial charge in [-0.3, -0.25) is 0 Å². The smallest absolute Gasteiger partial charge is 0.328 e. The molecule has 0 aliphatic carbocycles. The first-order valence-corrected chi connectivity index (χ1v) is 6.00. The minimum absolute atomic E-state index is 0.106. The molecule has 2 aromatic rings. The van der Waals surface area contributed by atoms with Crippen molar-refractivity contribution in [1.82, 2.24) is 9.55 Å². The average Bonchev–Trinajstić information content (AvgIpc) is 2.62. The lowest BCUT2D eigenvalue weighted by Gasteiger charge is -2.10. The first-order chi connectivity index (χ1) is 8.40. The van der Waals surface area contributed by atoms with Gasteiger partial charge in [0.2, 0.25) is 0 Å². The number of imidazole rings is 1. The second-order valence-corrected chi connectivity index (χ2v) is 4.47. The Kier molecular flexibility index (Phi) is 3.52. The number of hydrogen-bond acceptors (Lipinski definition) is 1. The van der Waals surface area contributed by atoms with Gasteiger partial charge in [-0.25, -0.2) is 4.98 Å². The third-order valence-corrected chi connectivity index (χ3v) is 2.96. The fourth-order valence-electron chi connectivity index (χ4n) is 1.91. The maximum Gasteiger partial charge on any atom is 0.390 e. The van der Waals surface area contributed by atoms with Crippen LogP contribution >= 0.6 is 11.6 Å². The molecule has 1 heterocycles. The standard InChI is InChI=1S/C12H12ClF3N2/c1-2-11-17-9-7-8(13)3-4-10(9)18(11)6-5-12(14,15)16/h3-4,7H,2,5-6H2,1H3. The molecule has 0 radical (unpaired) electrons. The largest absolute Gasteiger partial charge is 0.390 e. The summed E-state index contributed by atoms with van der Waals surface area (Å²) in [5.74, 6) is 0.650. The Bertz CT molecular complexity index is 560. The van der Waals surface area contributed by atoms with Crippen LogP contribution in [0, 0.1) is 0 Å². The number of alkyl halides is 3. The minimum Gasteiger partial charge on any atom is -0.328 e. The summed E-state index contributed by atoms with van der Waals surface area (Å²) in [7, 11) is 0. The number of nitrogens with zero attached hydrogens (tertiary/aromatic N) is 2. The van der Waals surface area contributed by atoms with Gasteiger partial charge in [-0.05, 0) is 18.2 Å². The van der Waals surface area contributed by atoms with Crippen molar-refractivity contribution in [3.8, 4) is 0 Å². The second kappa shape index (κ2) is 4.80. The van der Waals surface area contributed by atoms with Gasteiger partial charge in [0.15, 0.2) is 0 Å². The van der Waals surface area contributed by atoms with Crippen LogP contribution in [0.5, 0.6) is 0 Å². The van der Waals surface area contributed by atoms with Gasteiger partial charge in [0.25, 0.3) is 0 Å². The molecule has 1 aromatic carbocycles. The molecule has 0 amide bonds. The van der Waals surface area contributed by atoms with E-state index in [2.05, 4.69) is 4.98 Å². The summed E-state index contributed by atoms with van der Waals surface area (Å²) in [6.45, 7) is 1.76. The highest BCUT2D eigenvalue weighted by Crippen LogP contribution is 2.25. The summed E-state index contributed by atoms with van der Waals surface area (Å²) in [6.07, 6.45) is -4.42. The minimum atomic E-state index is -4.16. The van der Waals surface area contributed by atoms with Crippen LogP contribution in [-0.4, -0.2) is 15.7 Å². The van der Waals surface area contributed by atoms with E-state index in [0.29, 0.717) is 28.3 Å². The topological polar surface area (TPSA) is 17.8 Å². The molecule has 2 rings (SSSR count). The van der Waals surface area contributed by atoms with Crippen LogP contribution in [0.1, 0.15) is 19.2 Å². The molecule has 0 bridgehead atoms. The Morgan fingerprint density at radius 3 is 2.67 bits per heavy atom. The Morgan fingerprint density at radius 2 is 2.06 bits per heavy atom. The first-order valence-electron chi connectivity index (χ1n) is 5.62. The molecule has 98 valence electrons. The molecule has 0 spiro atoms. The van der Waals surface area contributed by atoms with Crippen molar-refractivity contribution in [2.45, 2.75) is 32.5 Å². The molecular formula is C12H12ClF3N2. The van der Waals surface area contributed by atoms with E-state index in [0.717, 1.165) is 0 Å². The van der Waals surface area contributed by atoms with Gasteiger partial charge < -0.3 is 4.57 Å². The zero-order valence-electron chi connectivity index (χ0n) is 9.76. The number of aromatic nitrogens is 2. The Hall–Kier alpha value is -1.23. The van der Waals surface area contributed by atoms with Crippen LogP contribution in [-0.2, 0) is 13.0 Å². The molecular weight excluding hydrogens is 265 g/mol. The molecule has 0 saturated carbocycles. The van der Waals surface area contributed by atoms with Gasteiger partial charge in [-0.15, -0.1) is 0 Å². The van der Waals surface area contributed by atoms with Gasteiger partial charge >= 0.3 is 6.18 Å². The lowest BCUT2D eigenvalue weighted by Crippen LogP contribution is -2.13. The van der Waals surface area contributed by atoms with E-state index in [1.807, 2.05) is 6.92 Å². The van der Waals surface area contributed by atoms with E-state index in [-0.39, 0.29) is 6.54 Å². The third-order valence-electron chi connectivity index (χ3n) is 2.72. The summed E-state index contributed by atoms with van der Waals surface area (Å²) < 4.78 is 38.5. The molecule has 0 aliphatic rings. The highest BCUT2D eigenvalue weighted by Gasteiger charge is 2.27. The molecule has 1 aromatic heterocycles. The monoisotopic (exact) mass is 276 g/mol. The summed E-state index contributed by atoms with van der Waals surface area (Å²) in [4.78, 5) is 4.30. The van der Waals surface area contributed by atoms with Gasteiger partial charge in [0.05, 0.1) is 17.5 Å². The number of halogens is 4. The average molecular weight is 277 g/mol. The summed E-state index contributed by atoms with van der Waals surface area (Å²) in [6, 6.07) is 5.04. The lowest BCUT2D eigenvalue weighted by molar-refractivity contribution is -0.136. The van der Waals surface area contributed by atoms with Crippen molar-refractivity contribution < 1.29 is 13.2 Å². The Morgan fingerprint density at radius 1 is 1.33 bits per heavy atom. The molecule has 2 nitrogen and oxygen atoms in total. The van der Waals surface area contributed by atoms with Crippen molar-refractivity contribution in [3.63, 3.8) is 0 Å². The molecule has 18 heavy (non-hydrogen) atoms. The van der Waals surface area contributed by atoms with E-state index in [4.69, 9.17) is 11.6 Å². The second-order valence-electron chi connectivity index (χ2n) is 4.03. The normalized spacial score (nSPS) is 12.3. The quantitative estimate of drug-likeness (QED) is 0.821. The molecule has 0 atom stereocenters. The van der Waals surface area contributed by atoms with Gasteiger partial charge in [-0.1, -0.05) is 18.5 Å². The maximum absolute atomic E-state index is 12.3. The van der Waals surface area contributed by atoms with Crippen LogP contribution in [0.25, 0.3) is 11.0 Å². The van der Waals surface area contributed by atoms with Crippen molar-refractivity contribution in [2.75, 3.05) is 0 Å². The summed E-state index contributed by atoms with van der Waals surface area (Å²) >= 11 is 5.84. The van der Waals surface area contributed by atoms with Crippen LogP contribution < -0.4 is 0 Å². The van der Waals surface area contributed by atoms with Crippen LogP contribution in [0.3, 0.4) is 0 Å².